The van der Waals surface area contributed by atoms with Crippen molar-refractivity contribution in [2.24, 2.45) is 0 Å². The lowest BCUT2D eigenvalue weighted by Crippen LogP contribution is -2.43. The van der Waals surface area contributed by atoms with Crippen molar-refractivity contribution in [3.8, 4) is 16.3 Å². The molecular formula is C23H21N3O4S. The van der Waals surface area contributed by atoms with E-state index in [4.69, 9.17) is 9.47 Å². The fourth-order valence-electron chi connectivity index (χ4n) is 3.33. The number of nitrogens with zero attached hydrogens (tertiary/aromatic N) is 1. The minimum Gasteiger partial charge on any atom is -0.497 e. The van der Waals surface area contributed by atoms with Crippen LogP contribution in [0.3, 0.4) is 0 Å². The Hall–Kier alpha value is -3.65. The molecule has 2 aromatic heterocycles. The van der Waals surface area contributed by atoms with Crippen molar-refractivity contribution in [3.63, 3.8) is 0 Å². The fraction of sp³-hybridized carbons (Fsp3) is 0.174. The largest absolute Gasteiger partial charge is 0.497 e. The number of carbonyl (C=O) groups excluding carboxylic acids is 2. The zero-order chi connectivity index (χ0) is 21.8. The summed E-state index contributed by atoms with van der Waals surface area (Å²) in [6, 6.07) is 14.4. The Morgan fingerprint density at radius 1 is 1.13 bits per heavy atom. The molecule has 0 saturated heterocycles. The number of rotatable bonds is 7. The van der Waals surface area contributed by atoms with Crippen LogP contribution in [-0.2, 0) is 16.0 Å². The van der Waals surface area contributed by atoms with Gasteiger partial charge in [0.05, 0.1) is 14.2 Å². The molecule has 7 nitrogen and oxygen atoms in total. The Morgan fingerprint density at radius 2 is 1.90 bits per heavy atom. The van der Waals surface area contributed by atoms with Crippen LogP contribution >= 0.6 is 11.3 Å². The molecule has 0 bridgehead atoms. The smallest absolute Gasteiger partial charge is 0.328 e. The molecule has 4 rings (SSSR count). The number of H-pyrrole nitrogens is 1. The van der Waals surface area contributed by atoms with Crippen molar-refractivity contribution in [2.45, 2.75) is 12.5 Å². The quantitative estimate of drug-likeness (QED) is 0.431. The van der Waals surface area contributed by atoms with Gasteiger partial charge in [0.1, 0.15) is 22.5 Å². The number of esters is 1. The molecule has 4 aromatic rings. The minimum absolute atomic E-state index is 0.253. The van der Waals surface area contributed by atoms with Gasteiger partial charge < -0.3 is 19.8 Å². The number of aromatic amines is 1. The number of para-hydroxylation sites is 1. The zero-order valence-corrected chi connectivity index (χ0v) is 17.9. The van der Waals surface area contributed by atoms with Crippen LogP contribution in [-0.4, -0.2) is 42.1 Å². The fourth-order valence-corrected chi connectivity index (χ4v) is 4.14. The van der Waals surface area contributed by atoms with Crippen LogP contribution in [0.5, 0.6) is 5.75 Å². The first-order valence-corrected chi connectivity index (χ1v) is 10.5. The first kappa shape index (κ1) is 20.6. The summed E-state index contributed by atoms with van der Waals surface area (Å²) in [6.07, 6.45) is 2.15. The summed E-state index contributed by atoms with van der Waals surface area (Å²) in [7, 11) is 2.91. The summed E-state index contributed by atoms with van der Waals surface area (Å²) in [5.41, 5.74) is 3.02. The maximum Gasteiger partial charge on any atom is 0.328 e. The monoisotopic (exact) mass is 435 g/mol. The molecule has 2 N–H and O–H groups in total. The van der Waals surface area contributed by atoms with Gasteiger partial charge in [0.15, 0.2) is 0 Å². The highest BCUT2D eigenvalue weighted by Gasteiger charge is 2.25. The molecule has 1 atom stereocenters. The molecular weight excluding hydrogens is 414 g/mol. The molecule has 0 aliphatic carbocycles. The molecule has 0 spiro atoms. The lowest BCUT2D eigenvalue weighted by Gasteiger charge is -2.15. The maximum atomic E-state index is 12.8. The number of methoxy groups -OCH3 is 2. The van der Waals surface area contributed by atoms with E-state index in [1.165, 1.54) is 18.4 Å². The van der Waals surface area contributed by atoms with Crippen LogP contribution in [0.1, 0.15) is 16.1 Å². The van der Waals surface area contributed by atoms with Crippen molar-refractivity contribution in [2.75, 3.05) is 14.2 Å². The Balaban J connectivity index is 1.51. The number of thiazole rings is 1. The predicted molar refractivity (Wildman–Crippen MR) is 119 cm³/mol. The molecule has 31 heavy (non-hydrogen) atoms. The Morgan fingerprint density at radius 3 is 2.65 bits per heavy atom. The van der Waals surface area contributed by atoms with Crippen LogP contribution in [0.4, 0.5) is 0 Å². The average Bonchev–Trinajstić information content (AvgIpc) is 3.46. The number of fused-ring (bicyclic) bond motifs is 1. The van der Waals surface area contributed by atoms with Gasteiger partial charge in [-0.1, -0.05) is 18.2 Å². The van der Waals surface area contributed by atoms with Crippen LogP contribution < -0.4 is 10.1 Å². The van der Waals surface area contributed by atoms with Gasteiger partial charge in [-0.05, 0) is 35.9 Å². The van der Waals surface area contributed by atoms with Crippen LogP contribution in [0, 0.1) is 0 Å². The van der Waals surface area contributed by atoms with E-state index in [0.717, 1.165) is 27.8 Å². The summed E-state index contributed by atoms with van der Waals surface area (Å²) in [4.78, 5) is 32.8. The van der Waals surface area contributed by atoms with E-state index in [-0.39, 0.29) is 5.69 Å². The zero-order valence-electron chi connectivity index (χ0n) is 17.0. The molecule has 0 fully saturated rings. The number of ether oxygens (including phenoxy) is 2. The molecule has 2 heterocycles. The van der Waals surface area contributed by atoms with Gasteiger partial charge >= 0.3 is 5.97 Å². The van der Waals surface area contributed by atoms with Crippen molar-refractivity contribution in [1.29, 1.82) is 0 Å². The first-order valence-electron chi connectivity index (χ1n) is 9.62. The number of amides is 1. The van der Waals surface area contributed by atoms with E-state index < -0.39 is 17.9 Å². The van der Waals surface area contributed by atoms with Crippen LogP contribution in [0.2, 0.25) is 0 Å². The number of carbonyl (C=O) groups is 2. The first-order chi connectivity index (χ1) is 15.1. The Kier molecular flexibility index (Phi) is 5.99. The maximum absolute atomic E-state index is 12.8. The SMILES string of the molecule is COC(=O)C(Cc1c[nH]c2ccccc12)NC(=O)c1csc(-c2ccc(OC)cc2)n1. The third-order valence-electron chi connectivity index (χ3n) is 4.96. The van der Waals surface area contributed by atoms with Gasteiger partial charge in [-0.2, -0.15) is 0 Å². The Labute approximate surface area is 183 Å². The van der Waals surface area contributed by atoms with Gasteiger partial charge in [-0.3, -0.25) is 4.79 Å². The topological polar surface area (TPSA) is 93.3 Å². The summed E-state index contributed by atoms with van der Waals surface area (Å²) in [5, 5.41) is 6.15. The second-order valence-corrected chi connectivity index (χ2v) is 7.74. The minimum atomic E-state index is -0.831. The predicted octanol–water partition coefficient (Wildman–Crippen LogP) is 3.81. The van der Waals surface area contributed by atoms with E-state index in [1.807, 2.05) is 54.7 Å². The summed E-state index contributed by atoms with van der Waals surface area (Å²) < 4.78 is 10.1. The van der Waals surface area contributed by atoms with Crippen molar-refractivity contribution >= 4 is 34.1 Å². The average molecular weight is 436 g/mol. The summed E-state index contributed by atoms with van der Waals surface area (Å²) >= 11 is 1.36. The molecule has 1 unspecified atom stereocenters. The second kappa shape index (κ2) is 9.01. The summed E-state index contributed by atoms with van der Waals surface area (Å²) in [5.74, 6) is -0.188. The van der Waals surface area contributed by atoms with Gasteiger partial charge in [-0.25, -0.2) is 9.78 Å². The van der Waals surface area contributed by atoms with E-state index in [9.17, 15) is 9.59 Å². The molecule has 0 saturated carbocycles. The standard InChI is InChI=1S/C23H21N3O4S/c1-29-16-9-7-14(8-10-16)22-26-20(13-31-22)21(27)25-19(23(28)30-2)11-15-12-24-18-6-4-3-5-17(15)18/h3-10,12-13,19,24H,11H2,1-2H3,(H,25,27). The number of benzene rings is 2. The molecule has 0 aliphatic heterocycles. The highest BCUT2D eigenvalue weighted by Crippen LogP contribution is 2.26. The lowest BCUT2D eigenvalue weighted by molar-refractivity contribution is -0.142. The van der Waals surface area contributed by atoms with E-state index in [0.29, 0.717) is 11.4 Å². The molecule has 0 radical (unpaired) electrons. The van der Waals surface area contributed by atoms with Crippen LogP contribution in [0.15, 0.2) is 60.1 Å². The van der Waals surface area contributed by atoms with E-state index >= 15 is 0 Å². The van der Waals surface area contributed by atoms with Gasteiger partial charge in [-0.15, -0.1) is 11.3 Å². The number of aromatic nitrogens is 2. The van der Waals surface area contributed by atoms with Crippen molar-refractivity contribution < 1.29 is 19.1 Å². The summed E-state index contributed by atoms with van der Waals surface area (Å²) in [6.45, 7) is 0. The van der Waals surface area contributed by atoms with Gasteiger partial charge in [0, 0.05) is 34.5 Å². The molecule has 8 heteroatoms. The van der Waals surface area contributed by atoms with Crippen LogP contribution in [0.25, 0.3) is 21.5 Å². The number of nitrogens with one attached hydrogen (secondary N) is 2. The van der Waals surface area contributed by atoms with Crippen molar-refractivity contribution in [3.05, 3.63) is 71.4 Å². The van der Waals surface area contributed by atoms with Crippen molar-refractivity contribution in [1.82, 2.24) is 15.3 Å². The molecule has 2 aromatic carbocycles. The highest BCUT2D eigenvalue weighted by molar-refractivity contribution is 7.13. The third-order valence-corrected chi connectivity index (χ3v) is 5.86. The molecule has 158 valence electrons. The third kappa shape index (κ3) is 4.44. The molecule has 0 aliphatic rings. The number of hydrogen-bond donors (Lipinski definition) is 2. The lowest BCUT2D eigenvalue weighted by atomic mass is 10.0. The Bertz CT molecular complexity index is 1210. The molecule has 1 amide bonds. The normalized spacial score (nSPS) is 11.8. The van der Waals surface area contributed by atoms with E-state index in [1.54, 1.807) is 12.5 Å². The highest BCUT2D eigenvalue weighted by atomic mass is 32.1. The second-order valence-electron chi connectivity index (χ2n) is 6.88. The van der Waals surface area contributed by atoms with Gasteiger partial charge in [0.2, 0.25) is 0 Å². The van der Waals surface area contributed by atoms with E-state index in [2.05, 4.69) is 15.3 Å². The number of hydrogen-bond acceptors (Lipinski definition) is 6. The van der Waals surface area contributed by atoms with Gasteiger partial charge in [0.25, 0.3) is 5.91 Å².